The van der Waals surface area contributed by atoms with Gasteiger partial charge in [-0.05, 0) is 40.3 Å². The summed E-state index contributed by atoms with van der Waals surface area (Å²) in [6.45, 7) is 9.74. The fourth-order valence-corrected chi connectivity index (χ4v) is 15.8. The van der Waals surface area contributed by atoms with Crippen LogP contribution < -0.4 is 20.1 Å². The summed E-state index contributed by atoms with van der Waals surface area (Å²) >= 11 is 0. The molecule has 2 aliphatic rings. The van der Waals surface area contributed by atoms with E-state index >= 15 is 0 Å². The van der Waals surface area contributed by atoms with Crippen molar-refractivity contribution < 1.29 is 0 Å². The minimum absolute atomic E-state index is 0.142. The number of nitrogens with one attached hydrogen (secondary N) is 4. The Morgan fingerprint density at radius 1 is 0.889 bits per heavy atom. The third kappa shape index (κ3) is 4.32. The molecule has 99 valence electrons. The molecule has 4 N–H and O–H groups in total. The van der Waals surface area contributed by atoms with Crippen molar-refractivity contribution in [1.82, 2.24) is 28.5 Å². The standard InChI is InChI=1S/C6H21N3Si3.B3H3N3/c1-8-10-7-11(3,4)9(2)12(8,5)6;1-4-2-6-3-5-1/h7H,10H2,1-6H3;4-6H. The molecule has 0 aromatic rings. The molecular weight excluding hydrogens is 273 g/mol. The molecule has 2 fully saturated rings. The summed E-state index contributed by atoms with van der Waals surface area (Å²) in [4.78, 5) is 0. The van der Waals surface area contributed by atoms with Crippen LogP contribution in [-0.4, -0.2) is 71.8 Å². The summed E-state index contributed by atoms with van der Waals surface area (Å²) in [7, 11) is 7.19. The van der Waals surface area contributed by atoms with Gasteiger partial charge in [-0.2, -0.15) is 0 Å². The van der Waals surface area contributed by atoms with Crippen molar-refractivity contribution >= 4 is 49.3 Å². The van der Waals surface area contributed by atoms with Crippen molar-refractivity contribution in [3.8, 4) is 0 Å². The SMILES string of the molecule is CN1[SiH2]N[Si](C)(C)N(C)[Si]1(C)C.[B]1N[B]N[B]N1. The summed E-state index contributed by atoms with van der Waals surface area (Å²) in [5.74, 6) is 0. The first-order valence-electron chi connectivity index (χ1n) is 6.22. The van der Waals surface area contributed by atoms with Gasteiger partial charge in [0, 0.05) is 0 Å². The highest BCUT2D eigenvalue weighted by molar-refractivity contribution is 6.96. The molecule has 0 spiro atoms. The third-order valence-corrected chi connectivity index (χ3v) is 19.7. The lowest BCUT2D eigenvalue weighted by Crippen LogP contribution is -2.79. The molecule has 6 nitrogen and oxygen atoms in total. The van der Waals surface area contributed by atoms with Crippen molar-refractivity contribution in [1.29, 1.82) is 0 Å². The van der Waals surface area contributed by atoms with Crippen molar-refractivity contribution in [2.45, 2.75) is 26.2 Å². The Morgan fingerprint density at radius 3 is 1.67 bits per heavy atom. The van der Waals surface area contributed by atoms with Gasteiger partial charge in [0.05, 0.1) is 0 Å². The van der Waals surface area contributed by atoms with Gasteiger partial charge in [0.25, 0.3) is 22.6 Å². The maximum Gasteiger partial charge on any atom is 0.284 e. The fourth-order valence-electron chi connectivity index (χ4n) is 1.83. The van der Waals surface area contributed by atoms with Crippen LogP contribution in [0.4, 0.5) is 0 Å². The molecule has 0 aliphatic carbocycles. The van der Waals surface area contributed by atoms with Gasteiger partial charge < -0.3 is 28.5 Å². The van der Waals surface area contributed by atoms with Crippen LogP contribution in [0.5, 0.6) is 0 Å². The van der Waals surface area contributed by atoms with Gasteiger partial charge in [0.2, 0.25) is 0 Å². The fraction of sp³-hybridized carbons (Fsp3) is 1.00. The molecule has 0 amide bonds. The van der Waals surface area contributed by atoms with Gasteiger partial charge in [-0.1, -0.05) is 0 Å². The Balaban J connectivity index is 0.000000225. The molecule has 3 radical (unpaired) electrons. The molecule has 0 aromatic heterocycles. The molecular formula is C6H24B3N6Si3. The molecule has 0 atom stereocenters. The van der Waals surface area contributed by atoms with Crippen molar-refractivity contribution in [3.63, 3.8) is 0 Å². The second kappa shape index (κ2) is 6.86. The van der Waals surface area contributed by atoms with Crippen molar-refractivity contribution in [2.24, 2.45) is 0 Å². The quantitative estimate of drug-likeness (QED) is 0.363. The summed E-state index contributed by atoms with van der Waals surface area (Å²) < 4.78 is 9.06. The van der Waals surface area contributed by atoms with Gasteiger partial charge in [-0.25, -0.2) is 0 Å². The van der Waals surface area contributed by atoms with Crippen LogP contribution in [0, 0.1) is 0 Å². The van der Waals surface area contributed by atoms with E-state index in [0.717, 1.165) is 0 Å². The van der Waals surface area contributed by atoms with Gasteiger partial charge in [-0.15, -0.1) is 0 Å². The Morgan fingerprint density at radius 2 is 1.33 bits per heavy atom. The number of hydrogen-bond acceptors (Lipinski definition) is 6. The molecule has 2 heterocycles. The molecule has 2 aliphatic heterocycles. The maximum absolute atomic E-state index is 3.78. The van der Waals surface area contributed by atoms with E-state index in [1.807, 2.05) is 0 Å². The first-order chi connectivity index (χ1) is 8.28. The zero-order chi connectivity index (χ0) is 13.8. The van der Waals surface area contributed by atoms with Crippen molar-refractivity contribution in [3.05, 3.63) is 0 Å². The summed E-state index contributed by atoms with van der Waals surface area (Å²) in [6, 6.07) is 0. The van der Waals surface area contributed by atoms with Crippen LogP contribution in [0.3, 0.4) is 0 Å². The molecule has 2 rings (SSSR count). The van der Waals surface area contributed by atoms with E-state index < -0.39 is 16.8 Å². The highest BCUT2D eigenvalue weighted by Crippen LogP contribution is 2.20. The topological polar surface area (TPSA) is 54.6 Å². The maximum atomic E-state index is 3.78. The van der Waals surface area contributed by atoms with Crippen molar-refractivity contribution in [2.75, 3.05) is 14.1 Å². The Labute approximate surface area is 118 Å². The van der Waals surface area contributed by atoms with Gasteiger partial charge in [-0.3, -0.25) is 0 Å². The molecule has 0 bridgehead atoms. The first kappa shape index (κ1) is 16.7. The summed E-state index contributed by atoms with van der Waals surface area (Å²) in [5, 5.41) is 8.34. The second-order valence-corrected chi connectivity index (χ2v) is 17.5. The second-order valence-electron chi connectivity index (χ2n) is 5.58. The zero-order valence-corrected chi connectivity index (χ0v) is 15.7. The molecule has 0 aromatic carbocycles. The third-order valence-electron chi connectivity index (χ3n) is 3.84. The van der Waals surface area contributed by atoms with E-state index in [0.29, 0.717) is 0 Å². The largest absolute Gasteiger partial charge is 0.379 e. The average molecular weight is 297 g/mol. The predicted molar refractivity (Wildman–Crippen MR) is 88.8 cm³/mol. The summed E-state index contributed by atoms with van der Waals surface area (Å²) in [5.41, 5.74) is 0. The summed E-state index contributed by atoms with van der Waals surface area (Å²) in [6.07, 6.45) is 0. The normalized spacial score (nSPS) is 28.3. The van der Waals surface area contributed by atoms with Crippen LogP contribution in [0.2, 0.25) is 26.2 Å². The van der Waals surface area contributed by atoms with E-state index in [2.05, 4.69) is 68.8 Å². The van der Waals surface area contributed by atoms with Crippen LogP contribution in [0.1, 0.15) is 0 Å². The number of rotatable bonds is 0. The monoisotopic (exact) mass is 297 g/mol. The Kier molecular flexibility index (Phi) is 6.35. The van der Waals surface area contributed by atoms with Crippen LogP contribution >= 0.6 is 0 Å². The predicted octanol–water partition coefficient (Wildman–Crippen LogP) is -2.77. The van der Waals surface area contributed by atoms with Gasteiger partial charge in [0.15, 0.2) is 26.6 Å². The minimum Gasteiger partial charge on any atom is -0.379 e. The molecule has 18 heavy (non-hydrogen) atoms. The number of nitrogens with zero attached hydrogens (tertiary/aromatic N) is 2. The minimum atomic E-state index is -1.21. The lowest BCUT2D eigenvalue weighted by molar-refractivity contribution is 0.600. The van der Waals surface area contributed by atoms with E-state index in [1.54, 1.807) is 22.6 Å². The number of hydrogen-bond donors (Lipinski definition) is 4. The lowest BCUT2D eigenvalue weighted by atomic mass is 9.85. The molecule has 0 unspecified atom stereocenters. The highest BCUT2D eigenvalue weighted by atomic mass is 28.5. The highest BCUT2D eigenvalue weighted by Gasteiger charge is 2.45. The van der Waals surface area contributed by atoms with E-state index in [1.165, 1.54) is 0 Å². The molecule has 2 saturated heterocycles. The van der Waals surface area contributed by atoms with Gasteiger partial charge in [0.1, 0.15) is 0 Å². The lowest BCUT2D eigenvalue weighted by Gasteiger charge is -2.53. The Bertz CT molecular complexity index is 255. The Hall–Kier alpha value is 0.605. The van der Waals surface area contributed by atoms with E-state index in [9.17, 15) is 0 Å². The molecule has 0 saturated carbocycles. The zero-order valence-electron chi connectivity index (χ0n) is 12.3. The van der Waals surface area contributed by atoms with E-state index in [4.69, 9.17) is 0 Å². The van der Waals surface area contributed by atoms with Crippen LogP contribution in [0.25, 0.3) is 0 Å². The van der Waals surface area contributed by atoms with Crippen LogP contribution in [-0.2, 0) is 0 Å². The first-order valence-corrected chi connectivity index (χ1v) is 13.4. The van der Waals surface area contributed by atoms with Crippen LogP contribution in [0.15, 0.2) is 0 Å². The van der Waals surface area contributed by atoms with E-state index in [-0.39, 0.29) is 9.84 Å². The molecule has 12 heteroatoms. The van der Waals surface area contributed by atoms with Gasteiger partial charge >= 0.3 is 0 Å². The average Bonchev–Trinajstić information content (AvgIpc) is 2.36. The smallest absolute Gasteiger partial charge is 0.284 e.